The Morgan fingerprint density at radius 2 is 2.17 bits per heavy atom. The van der Waals surface area contributed by atoms with E-state index in [1.807, 2.05) is 31.6 Å². The number of anilines is 1. The smallest absolute Gasteiger partial charge is 0.229 e. The van der Waals surface area contributed by atoms with E-state index in [4.69, 9.17) is 0 Å². The third-order valence-corrected chi connectivity index (χ3v) is 4.52. The average Bonchev–Trinajstić information content (AvgIpc) is 3.15. The molecule has 1 aliphatic rings. The van der Waals surface area contributed by atoms with Crippen LogP contribution in [0.2, 0.25) is 0 Å². The van der Waals surface area contributed by atoms with Crippen molar-refractivity contribution >= 4 is 24.0 Å². The van der Waals surface area contributed by atoms with E-state index in [-0.39, 0.29) is 30.2 Å². The van der Waals surface area contributed by atoms with E-state index in [1.165, 1.54) is 5.56 Å². The first-order valence-electron chi connectivity index (χ1n) is 8.14. The van der Waals surface area contributed by atoms with E-state index >= 15 is 0 Å². The Balaban J connectivity index is 0.00000208. The fourth-order valence-corrected chi connectivity index (χ4v) is 3.15. The van der Waals surface area contributed by atoms with Gasteiger partial charge in [-0.2, -0.15) is 5.10 Å². The fourth-order valence-electron chi connectivity index (χ4n) is 3.15. The molecule has 0 radical (unpaired) electrons. The van der Waals surface area contributed by atoms with E-state index in [0.717, 1.165) is 17.8 Å². The lowest BCUT2D eigenvalue weighted by molar-refractivity contribution is -0.119. The van der Waals surface area contributed by atoms with Crippen LogP contribution in [0.4, 0.5) is 5.69 Å². The molecule has 2 aromatic rings. The zero-order valence-electron chi connectivity index (χ0n) is 14.3. The minimum absolute atomic E-state index is 0. The molecule has 1 aromatic carbocycles. The van der Waals surface area contributed by atoms with Crippen molar-refractivity contribution in [1.29, 1.82) is 0 Å². The first-order chi connectivity index (χ1) is 11.0. The molecule has 6 heteroatoms. The van der Waals surface area contributed by atoms with Crippen molar-refractivity contribution in [2.24, 2.45) is 13.0 Å². The van der Waals surface area contributed by atoms with Crippen molar-refractivity contribution in [3.63, 3.8) is 0 Å². The van der Waals surface area contributed by atoms with Gasteiger partial charge < -0.3 is 10.6 Å². The second-order valence-electron chi connectivity index (χ2n) is 6.59. The molecule has 1 fully saturated rings. The van der Waals surface area contributed by atoms with Crippen LogP contribution in [0.25, 0.3) is 0 Å². The van der Waals surface area contributed by atoms with E-state index in [2.05, 4.69) is 41.7 Å². The van der Waals surface area contributed by atoms with Gasteiger partial charge in [0.1, 0.15) is 0 Å². The number of benzene rings is 1. The zero-order valence-corrected chi connectivity index (χ0v) is 15.1. The molecule has 1 amide bonds. The van der Waals surface area contributed by atoms with Gasteiger partial charge in [0.05, 0.1) is 12.1 Å². The summed E-state index contributed by atoms with van der Waals surface area (Å²) in [7, 11) is 1.90. The lowest BCUT2D eigenvalue weighted by Crippen LogP contribution is -2.28. The Labute approximate surface area is 149 Å². The SMILES string of the molecule is CC(C)c1cccc(NC(=O)[C@H]2CNC[C@@H]2c2cnn(C)c2)c1.Cl. The molecule has 0 spiro atoms. The topological polar surface area (TPSA) is 59.0 Å². The van der Waals surface area contributed by atoms with E-state index < -0.39 is 0 Å². The maximum atomic E-state index is 12.7. The lowest BCUT2D eigenvalue weighted by Gasteiger charge is -2.17. The summed E-state index contributed by atoms with van der Waals surface area (Å²) in [5, 5.41) is 10.6. The predicted octanol–water partition coefficient (Wildman–Crippen LogP) is 2.91. The number of hydrogen-bond donors (Lipinski definition) is 2. The van der Waals surface area contributed by atoms with Gasteiger partial charge >= 0.3 is 0 Å². The lowest BCUT2D eigenvalue weighted by atomic mass is 9.90. The summed E-state index contributed by atoms with van der Waals surface area (Å²) >= 11 is 0. The standard InChI is InChI=1S/C18H24N4O.ClH/c1-12(2)13-5-4-6-15(7-13)21-18(23)17-10-19-9-16(17)14-8-20-22(3)11-14;/h4-8,11-12,16-17,19H,9-10H2,1-3H3,(H,21,23);1H/t16-,17+;/m1./s1. The zero-order chi connectivity index (χ0) is 16.4. The maximum absolute atomic E-state index is 12.7. The molecule has 2 heterocycles. The molecule has 1 saturated heterocycles. The summed E-state index contributed by atoms with van der Waals surface area (Å²) in [6, 6.07) is 8.10. The Hall–Kier alpha value is -1.85. The molecule has 130 valence electrons. The van der Waals surface area contributed by atoms with Crippen LogP contribution in [0.1, 0.15) is 36.8 Å². The number of amides is 1. The first-order valence-corrected chi connectivity index (χ1v) is 8.14. The van der Waals surface area contributed by atoms with Crippen LogP contribution in [0.15, 0.2) is 36.7 Å². The molecule has 0 unspecified atom stereocenters. The number of rotatable bonds is 4. The first kappa shape index (κ1) is 18.5. The van der Waals surface area contributed by atoms with Crippen molar-refractivity contribution in [2.45, 2.75) is 25.7 Å². The number of halogens is 1. The molecule has 0 aliphatic carbocycles. The Kier molecular flexibility index (Phi) is 6.02. The second kappa shape index (κ2) is 7.81. The number of aryl methyl sites for hydroxylation is 1. The number of nitrogens with one attached hydrogen (secondary N) is 2. The van der Waals surface area contributed by atoms with Crippen LogP contribution < -0.4 is 10.6 Å². The van der Waals surface area contributed by atoms with Crippen LogP contribution in [0.3, 0.4) is 0 Å². The van der Waals surface area contributed by atoms with Crippen LogP contribution in [0.5, 0.6) is 0 Å². The molecule has 3 rings (SSSR count). The average molecular weight is 349 g/mol. The number of nitrogens with zero attached hydrogens (tertiary/aromatic N) is 2. The summed E-state index contributed by atoms with van der Waals surface area (Å²) in [6.45, 7) is 5.82. The highest BCUT2D eigenvalue weighted by atomic mass is 35.5. The van der Waals surface area contributed by atoms with Crippen molar-refractivity contribution in [3.05, 3.63) is 47.8 Å². The van der Waals surface area contributed by atoms with Crippen LogP contribution in [-0.4, -0.2) is 28.8 Å². The molecular formula is C18H25ClN4O. The van der Waals surface area contributed by atoms with Crippen molar-refractivity contribution < 1.29 is 4.79 Å². The van der Waals surface area contributed by atoms with Crippen LogP contribution in [0, 0.1) is 5.92 Å². The third-order valence-electron chi connectivity index (χ3n) is 4.52. The summed E-state index contributed by atoms with van der Waals surface area (Å²) < 4.78 is 1.79. The third kappa shape index (κ3) is 3.97. The quantitative estimate of drug-likeness (QED) is 0.893. The molecule has 0 bridgehead atoms. The van der Waals surface area contributed by atoms with Gasteiger partial charge in [0, 0.05) is 37.9 Å². The van der Waals surface area contributed by atoms with Crippen molar-refractivity contribution in [2.75, 3.05) is 18.4 Å². The highest BCUT2D eigenvalue weighted by molar-refractivity contribution is 5.93. The molecule has 2 atom stereocenters. The number of carbonyl (C=O) groups excluding carboxylic acids is 1. The van der Waals surface area contributed by atoms with Gasteiger partial charge in [0.2, 0.25) is 5.91 Å². The Morgan fingerprint density at radius 1 is 1.38 bits per heavy atom. The van der Waals surface area contributed by atoms with Gasteiger partial charge in [0.15, 0.2) is 0 Å². The maximum Gasteiger partial charge on any atom is 0.229 e. The van der Waals surface area contributed by atoms with Gasteiger partial charge in [-0.3, -0.25) is 9.48 Å². The van der Waals surface area contributed by atoms with Crippen molar-refractivity contribution in [3.8, 4) is 0 Å². The number of aromatic nitrogens is 2. The molecule has 0 saturated carbocycles. The highest BCUT2D eigenvalue weighted by Crippen LogP contribution is 2.29. The summed E-state index contributed by atoms with van der Waals surface area (Å²) in [5.74, 6) is 0.631. The number of carbonyl (C=O) groups is 1. The molecule has 1 aliphatic heterocycles. The predicted molar refractivity (Wildman–Crippen MR) is 98.7 cm³/mol. The Morgan fingerprint density at radius 3 is 2.83 bits per heavy atom. The molecule has 1 aromatic heterocycles. The van der Waals surface area contributed by atoms with Crippen molar-refractivity contribution in [1.82, 2.24) is 15.1 Å². The fraction of sp³-hybridized carbons (Fsp3) is 0.444. The monoisotopic (exact) mass is 348 g/mol. The van der Waals surface area contributed by atoms with E-state index in [1.54, 1.807) is 4.68 Å². The van der Waals surface area contributed by atoms with Gasteiger partial charge in [-0.1, -0.05) is 26.0 Å². The molecular weight excluding hydrogens is 324 g/mol. The molecule has 2 N–H and O–H groups in total. The van der Waals surface area contributed by atoms with E-state index in [0.29, 0.717) is 12.5 Å². The van der Waals surface area contributed by atoms with Crippen LogP contribution >= 0.6 is 12.4 Å². The minimum atomic E-state index is -0.0677. The Bertz CT molecular complexity index is 698. The van der Waals surface area contributed by atoms with Gasteiger partial charge in [0.25, 0.3) is 0 Å². The largest absolute Gasteiger partial charge is 0.326 e. The summed E-state index contributed by atoms with van der Waals surface area (Å²) in [6.07, 6.45) is 3.86. The normalized spacial score (nSPS) is 20.0. The highest BCUT2D eigenvalue weighted by Gasteiger charge is 2.34. The van der Waals surface area contributed by atoms with E-state index in [9.17, 15) is 4.79 Å². The molecule has 5 nitrogen and oxygen atoms in total. The summed E-state index contributed by atoms with van der Waals surface area (Å²) in [4.78, 5) is 12.7. The van der Waals surface area contributed by atoms with Gasteiger partial charge in [-0.15, -0.1) is 12.4 Å². The van der Waals surface area contributed by atoms with Crippen LogP contribution in [-0.2, 0) is 11.8 Å². The summed E-state index contributed by atoms with van der Waals surface area (Å²) in [5.41, 5.74) is 3.22. The van der Waals surface area contributed by atoms with Gasteiger partial charge in [-0.05, 0) is 29.2 Å². The second-order valence-corrected chi connectivity index (χ2v) is 6.59. The minimum Gasteiger partial charge on any atom is -0.326 e. The van der Waals surface area contributed by atoms with Gasteiger partial charge in [-0.25, -0.2) is 0 Å². The number of hydrogen-bond acceptors (Lipinski definition) is 3. The molecule has 24 heavy (non-hydrogen) atoms.